The Morgan fingerprint density at radius 2 is 2.00 bits per heavy atom. The zero-order valence-electron chi connectivity index (χ0n) is 19.1. The van der Waals surface area contributed by atoms with Crippen molar-refractivity contribution in [2.24, 2.45) is 0 Å². The van der Waals surface area contributed by atoms with Gasteiger partial charge in [-0.1, -0.05) is 36.4 Å². The number of fused-ring (bicyclic) bond motifs is 1. The van der Waals surface area contributed by atoms with E-state index in [4.69, 9.17) is 4.74 Å². The van der Waals surface area contributed by atoms with Crippen LogP contribution in [0.1, 0.15) is 48.5 Å². The number of nitrogens with one attached hydrogen (secondary N) is 1. The number of ether oxygens (including phenoxy) is 1. The van der Waals surface area contributed by atoms with E-state index in [9.17, 15) is 14.7 Å². The summed E-state index contributed by atoms with van der Waals surface area (Å²) in [5.74, 6) is -0.231. The number of carbonyl (C=O) groups is 2. The molecule has 3 atom stereocenters. The summed E-state index contributed by atoms with van der Waals surface area (Å²) in [6, 6.07) is 16.4. The minimum absolute atomic E-state index is 0.0744. The Bertz CT molecular complexity index is 1020. The van der Waals surface area contributed by atoms with Crippen molar-refractivity contribution in [1.82, 2.24) is 10.2 Å². The lowest BCUT2D eigenvalue weighted by Gasteiger charge is -2.59. The van der Waals surface area contributed by atoms with Gasteiger partial charge in [0.15, 0.2) is 0 Å². The fourth-order valence-corrected chi connectivity index (χ4v) is 5.81. The van der Waals surface area contributed by atoms with E-state index in [0.29, 0.717) is 37.9 Å². The first-order valence-corrected chi connectivity index (χ1v) is 11.6. The Labute approximate surface area is 195 Å². The number of hydrogen-bond donors (Lipinski definition) is 2. The summed E-state index contributed by atoms with van der Waals surface area (Å²) in [6.07, 6.45) is 4.57. The molecule has 0 aromatic heterocycles. The molecule has 6 nitrogen and oxygen atoms in total. The van der Waals surface area contributed by atoms with Crippen molar-refractivity contribution in [1.29, 1.82) is 0 Å². The average Bonchev–Trinajstić information content (AvgIpc) is 2.79. The van der Waals surface area contributed by atoms with Crippen LogP contribution in [-0.2, 0) is 14.9 Å². The molecule has 4 rings (SSSR count). The quantitative estimate of drug-likeness (QED) is 0.519. The highest BCUT2D eigenvalue weighted by molar-refractivity contribution is 5.94. The van der Waals surface area contributed by atoms with E-state index < -0.39 is 11.0 Å². The fraction of sp³-hybridized carbons (Fsp3) is 0.407. The van der Waals surface area contributed by atoms with Gasteiger partial charge in [0.2, 0.25) is 0 Å². The number of rotatable bonds is 6. The van der Waals surface area contributed by atoms with Gasteiger partial charge in [0.1, 0.15) is 11.4 Å². The van der Waals surface area contributed by atoms with Crippen LogP contribution in [0.25, 0.3) is 0 Å². The van der Waals surface area contributed by atoms with E-state index in [1.807, 2.05) is 36.4 Å². The monoisotopic (exact) mass is 448 g/mol. The number of aromatic hydroxyl groups is 1. The van der Waals surface area contributed by atoms with Crippen molar-refractivity contribution >= 4 is 11.9 Å². The summed E-state index contributed by atoms with van der Waals surface area (Å²) in [5, 5.41) is 13.5. The first kappa shape index (κ1) is 23.1. The summed E-state index contributed by atoms with van der Waals surface area (Å²) in [6.45, 7) is 7.45. The Hall–Kier alpha value is -3.12. The second kappa shape index (κ2) is 9.40. The topological polar surface area (TPSA) is 78.9 Å². The van der Waals surface area contributed by atoms with Gasteiger partial charge in [-0.3, -0.25) is 14.5 Å². The van der Waals surface area contributed by atoms with Crippen molar-refractivity contribution in [3.05, 3.63) is 78.4 Å². The second-order valence-electron chi connectivity index (χ2n) is 9.27. The molecule has 1 saturated carbocycles. The molecule has 1 saturated heterocycles. The molecular formula is C27H32N2O4. The Kier molecular flexibility index (Phi) is 6.56. The first-order valence-electron chi connectivity index (χ1n) is 11.6. The van der Waals surface area contributed by atoms with Gasteiger partial charge < -0.3 is 15.2 Å². The SMILES string of the molecule is C=CCN1CC[C@@]2(c3cccc(O)c3)C[C@H](NC(=O)c3ccccc3)CC[C@]2(OC(C)=O)C1. The van der Waals surface area contributed by atoms with E-state index in [0.717, 1.165) is 18.5 Å². The third-order valence-corrected chi connectivity index (χ3v) is 7.19. The number of piperidine rings is 1. The zero-order valence-corrected chi connectivity index (χ0v) is 19.1. The summed E-state index contributed by atoms with van der Waals surface area (Å²) in [4.78, 5) is 27.5. The van der Waals surface area contributed by atoms with E-state index in [2.05, 4.69) is 16.8 Å². The number of benzene rings is 2. The molecule has 1 aliphatic heterocycles. The standard InChI is InChI=1S/C27H32N2O4/c1-3-15-29-16-14-26(22-10-7-11-24(31)17-22)18-23(12-13-27(26,19-29)33-20(2)30)28-25(32)21-8-5-4-6-9-21/h3-11,17,23,31H,1,12-16,18-19H2,2H3,(H,28,32)/t23-,26+,27+/m1/s1. The molecule has 6 heteroatoms. The van der Waals surface area contributed by atoms with Crippen LogP contribution in [0.4, 0.5) is 0 Å². The number of phenols is 1. The van der Waals surface area contributed by atoms with Crippen LogP contribution in [0.3, 0.4) is 0 Å². The van der Waals surface area contributed by atoms with Crippen molar-refractivity contribution in [3.8, 4) is 5.75 Å². The lowest BCUT2D eigenvalue weighted by atomic mass is 9.55. The summed E-state index contributed by atoms with van der Waals surface area (Å²) < 4.78 is 6.19. The van der Waals surface area contributed by atoms with Gasteiger partial charge >= 0.3 is 5.97 Å². The van der Waals surface area contributed by atoms with Gasteiger partial charge in [0, 0.05) is 37.0 Å². The molecule has 2 aromatic rings. The fourth-order valence-electron chi connectivity index (χ4n) is 5.81. The maximum atomic E-state index is 12.9. The van der Waals surface area contributed by atoms with Gasteiger partial charge in [0.05, 0.1) is 0 Å². The smallest absolute Gasteiger partial charge is 0.303 e. The predicted molar refractivity (Wildman–Crippen MR) is 127 cm³/mol. The van der Waals surface area contributed by atoms with Crippen molar-refractivity contribution in [2.45, 2.75) is 49.7 Å². The molecule has 0 bridgehead atoms. The summed E-state index contributed by atoms with van der Waals surface area (Å²) >= 11 is 0. The van der Waals surface area contributed by atoms with Crippen molar-refractivity contribution in [2.75, 3.05) is 19.6 Å². The molecule has 1 amide bonds. The number of nitrogens with zero attached hydrogens (tertiary/aromatic N) is 1. The zero-order chi connectivity index (χ0) is 23.5. The molecule has 2 N–H and O–H groups in total. The van der Waals surface area contributed by atoms with E-state index >= 15 is 0 Å². The van der Waals surface area contributed by atoms with Crippen LogP contribution >= 0.6 is 0 Å². The Balaban J connectivity index is 1.72. The maximum Gasteiger partial charge on any atom is 0.303 e. The maximum absolute atomic E-state index is 12.9. The van der Waals surface area contributed by atoms with E-state index in [-0.39, 0.29) is 23.7 Å². The normalized spacial score (nSPS) is 27.2. The molecule has 1 heterocycles. The molecule has 174 valence electrons. The minimum atomic E-state index is -0.748. The van der Waals surface area contributed by atoms with Gasteiger partial charge in [-0.05, 0) is 62.1 Å². The van der Waals surface area contributed by atoms with Crippen LogP contribution < -0.4 is 5.32 Å². The Morgan fingerprint density at radius 1 is 1.21 bits per heavy atom. The van der Waals surface area contributed by atoms with E-state index in [1.165, 1.54) is 6.92 Å². The second-order valence-corrected chi connectivity index (χ2v) is 9.27. The molecule has 2 aromatic carbocycles. The predicted octanol–water partition coefficient (Wildman–Crippen LogP) is 3.81. The Morgan fingerprint density at radius 3 is 2.70 bits per heavy atom. The molecule has 0 spiro atoms. The first-order chi connectivity index (χ1) is 15.9. The van der Waals surface area contributed by atoms with Crippen molar-refractivity contribution in [3.63, 3.8) is 0 Å². The molecule has 2 fully saturated rings. The summed E-state index contributed by atoms with van der Waals surface area (Å²) in [5.41, 5.74) is 0.297. The molecule has 0 unspecified atom stereocenters. The van der Waals surface area contributed by atoms with Crippen molar-refractivity contribution < 1.29 is 19.4 Å². The lowest BCUT2D eigenvalue weighted by molar-refractivity contribution is -0.186. The van der Waals surface area contributed by atoms with Crippen LogP contribution in [0, 0.1) is 0 Å². The lowest BCUT2D eigenvalue weighted by Crippen LogP contribution is -2.68. The third kappa shape index (κ3) is 4.53. The third-order valence-electron chi connectivity index (χ3n) is 7.19. The number of amides is 1. The molecular weight excluding hydrogens is 416 g/mol. The largest absolute Gasteiger partial charge is 0.508 e. The van der Waals surface area contributed by atoms with Gasteiger partial charge in [0.25, 0.3) is 5.91 Å². The molecule has 1 aliphatic carbocycles. The average molecular weight is 449 g/mol. The van der Waals surface area contributed by atoms with Crippen LogP contribution in [0.15, 0.2) is 67.3 Å². The van der Waals surface area contributed by atoms with E-state index in [1.54, 1.807) is 24.3 Å². The van der Waals surface area contributed by atoms with Crippen LogP contribution in [0.5, 0.6) is 5.75 Å². The highest BCUT2D eigenvalue weighted by Crippen LogP contribution is 2.54. The minimum Gasteiger partial charge on any atom is -0.508 e. The number of phenolic OH excluding ortho intramolecular Hbond substituents is 1. The number of likely N-dealkylation sites (tertiary alicyclic amines) is 1. The molecule has 2 aliphatic rings. The number of hydrogen-bond acceptors (Lipinski definition) is 5. The number of carbonyl (C=O) groups excluding carboxylic acids is 2. The number of esters is 1. The van der Waals surface area contributed by atoms with Crippen LogP contribution in [-0.4, -0.2) is 53.2 Å². The highest BCUT2D eigenvalue weighted by Gasteiger charge is 2.60. The van der Waals surface area contributed by atoms with Gasteiger partial charge in [-0.15, -0.1) is 6.58 Å². The van der Waals surface area contributed by atoms with Gasteiger partial charge in [-0.2, -0.15) is 0 Å². The summed E-state index contributed by atoms with van der Waals surface area (Å²) in [7, 11) is 0. The molecule has 0 radical (unpaired) electrons. The highest BCUT2D eigenvalue weighted by atomic mass is 16.6. The molecule has 33 heavy (non-hydrogen) atoms. The van der Waals surface area contributed by atoms with Gasteiger partial charge in [-0.25, -0.2) is 0 Å². The van der Waals surface area contributed by atoms with Crippen LogP contribution in [0.2, 0.25) is 0 Å².